The molecule has 0 unspecified atom stereocenters. The number of aryl methyl sites for hydroxylation is 3. The largest absolute Gasteiger partial charge is 0.310 e. The highest BCUT2D eigenvalue weighted by Crippen LogP contribution is 2.29. The van der Waals surface area contributed by atoms with E-state index in [1.54, 1.807) is 11.3 Å². The van der Waals surface area contributed by atoms with Gasteiger partial charge in [0.05, 0.1) is 5.69 Å². The highest BCUT2D eigenvalue weighted by atomic mass is 32.1. The minimum Gasteiger partial charge on any atom is -0.310 e. The fraction of sp³-hybridized carbons (Fsp3) is 0.438. The highest BCUT2D eigenvalue weighted by Gasteiger charge is 2.10. The van der Waals surface area contributed by atoms with Crippen LogP contribution in [0.4, 0.5) is 0 Å². The minimum atomic E-state index is 0.877. The molecule has 19 heavy (non-hydrogen) atoms. The van der Waals surface area contributed by atoms with Crippen LogP contribution in [-0.4, -0.2) is 11.5 Å². The van der Waals surface area contributed by atoms with Crippen molar-refractivity contribution in [3.8, 4) is 11.3 Å². The van der Waals surface area contributed by atoms with Crippen LogP contribution in [0, 0.1) is 20.8 Å². The Bertz CT molecular complexity index is 535. The molecule has 2 rings (SSSR count). The van der Waals surface area contributed by atoms with Crippen LogP contribution >= 0.6 is 11.3 Å². The van der Waals surface area contributed by atoms with E-state index in [-0.39, 0.29) is 0 Å². The van der Waals surface area contributed by atoms with Crippen molar-refractivity contribution in [2.45, 2.75) is 40.7 Å². The van der Waals surface area contributed by atoms with Gasteiger partial charge in [-0.25, -0.2) is 4.98 Å². The van der Waals surface area contributed by atoms with Gasteiger partial charge in [-0.2, -0.15) is 0 Å². The summed E-state index contributed by atoms with van der Waals surface area (Å²) in [6, 6.07) is 4.47. The molecule has 0 fully saturated rings. The molecule has 0 amide bonds. The maximum Gasteiger partial charge on any atom is 0.107 e. The molecule has 0 aliphatic carbocycles. The summed E-state index contributed by atoms with van der Waals surface area (Å²) in [5.74, 6) is 0. The van der Waals surface area contributed by atoms with Crippen molar-refractivity contribution in [3.63, 3.8) is 0 Å². The molecular weight excluding hydrogens is 252 g/mol. The Kier molecular flexibility index (Phi) is 4.72. The second-order valence-electron chi connectivity index (χ2n) is 5.08. The molecule has 0 radical (unpaired) electrons. The summed E-state index contributed by atoms with van der Waals surface area (Å²) >= 11 is 1.74. The number of nitrogens with zero attached hydrogens (tertiary/aromatic N) is 1. The summed E-state index contributed by atoms with van der Waals surface area (Å²) < 4.78 is 0. The Morgan fingerprint density at radius 1 is 1.16 bits per heavy atom. The number of thiazole rings is 1. The van der Waals surface area contributed by atoms with Gasteiger partial charge in [-0.3, -0.25) is 0 Å². The number of rotatable bonds is 5. The van der Waals surface area contributed by atoms with Crippen LogP contribution < -0.4 is 5.32 Å². The number of hydrogen-bond donors (Lipinski definition) is 1. The first-order chi connectivity index (χ1) is 9.11. The fourth-order valence-electron chi connectivity index (χ4n) is 2.46. The Balaban J connectivity index is 2.23. The molecule has 1 aromatic carbocycles. The summed E-state index contributed by atoms with van der Waals surface area (Å²) in [4.78, 5) is 4.76. The van der Waals surface area contributed by atoms with Crippen molar-refractivity contribution < 1.29 is 0 Å². The lowest BCUT2D eigenvalue weighted by atomic mass is 9.98. The topological polar surface area (TPSA) is 24.9 Å². The van der Waals surface area contributed by atoms with Gasteiger partial charge < -0.3 is 5.32 Å². The van der Waals surface area contributed by atoms with Gasteiger partial charge >= 0.3 is 0 Å². The lowest BCUT2D eigenvalue weighted by Gasteiger charge is -2.08. The lowest BCUT2D eigenvalue weighted by molar-refractivity contribution is 0.673. The first kappa shape index (κ1) is 14.2. The van der Waals surface area contributed by atoms with Crippen LogP contribution in [0.3, 0.4) is 0 Å². The third-order valence-electron chi connectivity index (χ3n) is 3.19. The average Bonchev–Trinajstić information content (AvgIpc) is 2.76. The molecule has 0 saturated heterocycles. The molecule has 1 aromatic heterocycles. The normalized spacial score (nSPS) is 10.9. The molecular formula is C16H22N2S. The predicted octanol–water partition coefficient (Wildman–Crippen LogP) is 4.23. The van der Waals surface area contributed by atoms with Gasteiger partial charge in [0.1, 0.15) is 5.01 Å². The van der Waals surface area contributed by atoms with Crippen LogP contribution in [0.15, 0.2) is 17.5 Å². The summed E-state index contributed by atoms with van der Waals surface area (Å²) in [6.45, 7) is 10.6. The van der Waals surface area contributed by atoms with Gasteiger partial charge in [0.2, 0.25) is 0 Å². The Hall–Kier alpha value is -1.19. The molecule has 3 heteroatoms. The minimum absolute atomic E-state index is 0.877. The third-order valence-corrected chi connectivity index (χ3v) is 4.04. The van der Waals surface area contributed by atoms with E-state index >= 15 is 0 Å². The number of aromatic nitrogens is 1. The molecule has 0 aliphatic rings. The van der Waals surface area contributed by atoms with Gasteiger partial charge in [0, 0.05) is 17.5 Å². The van der Waals surface area contributed by atoms with E-state index in [1.165, 1.54) is 27.3 Å². The maximum absolute atomic E-state index is 4.76. The Morgan fingerprint density at radius 3 is 2.47 bits per heavy atom. The van der Waals surface area contributed by atoms with Crippen molar-refractivity contribution >= 4 is 11.3 Å². The second-order valence-corrected chi connectivity index (χ2v) is 6.02. The molecule has 0 spiro atoms. The second kappa shape index (κ2) is 6.31. The number of nitrogens with one attached hydrogen (secondary N) is 1. The molecule has 1 heterocycles. The molecule has 102 valence electrons. The van der Waals surface area contributed by atoms with Gasteiger partial charge in [-0.1, -0.05) is 24.6 Å². The van der Waals surface area contributed by atoms with E-state index in [0.29, 0.717) is 0 Å². The fourth-order valence-corrected chi connectivity index (χ4v) is 3.22. The summed E-state index contributed by atoms with van der Waals surface area (Å²) in [5.41, 5.74) is 6.36. The smallest absolute Gasteiger partial charge is 0.107 e. The molecule has 0 saturated carbocycles. The number of hydrogen-bond acceptors (Lipinski definition) is 3. The number of benzene rings is 1. The highest BCUT2D eigenvalue weighted by molar-refractivity contribution is 7.09. The first-order valence-corrected chi connectivity index (χ1v) is 7.73. The summed E-state index contributed by atoms with van der Waals surface area (Å²) in [6.07, 6.45) is 1.16. The quantitative estimate of drug-likeness (QED) is 0.825. The van der Waals surface area contributed by atoms with Crippen molar-refractivity contribution in [2.75, 3.05) is 6.54 Å². The predicted molar refractivity (Wildman–Crippen MR) is 83.8 cm³/mol. The SMILES string of the molecule is CCCNCc1nc(-c2c(C)cc(C)cc2C)cs1. The van der Waals surface area contributed by atoms with E-state index in [4.69, 9.17) is 4.98 Å². The van der Waals surface area contributed by atoms with Gasteiger partial charge in [0.25, 0.3) is 0 Å². The van der Waals surface area contributed by atoms with Crippen LogP contribution in [0.25, 0.3) is 11.3 Å². The summed E-state index contributed by atoms with van der Waals surface area (Å²) in [5, 5.41) is 6.75. The third kappa shape index (κ3) is 3.43. The molecule has 0 bridgehead atoms. The monoisotopic (exact) mass is 274 g/mol. The molecule has 2 aromatic rings. The zero-order valence-corrected chi connectivity index (χ0v) is 13.0. The zero-order chi connectivity index (χ0) is 13.8. The average molecular weight is 274 g/mol. The van der Waals surface area contributed by atoms with E-state index in [2.05, 4.69) is 50.5 Å². The standard InChI is InChI=1S/C16H22N2S/c1-5-6-17-9-15-18-14(10-19-15)16-12(3)7-11(2)8-13(16)4/h7-8,10,17H,5-6,9H2,1-4H3. The van der Waals surface area contributed by atoms with E-state index in [0.717, 1.165) is 25.2 Å². The van der Waals surface area contributed by atoms with E-state index < -0.39 is 0 Å². The van der Waals surface area contributed by atoms with Gasteiger partial charge in [-0.05, 0) is 44.9 Å². The first-order valence-electron chi connectivity index (χ1n) is 6.85. The maximum atomic E-state index is 4.76. The zero-order valence-electron chi connectivity index (χ0n) is 12.2. The van der Waals surface area contributed by atoms with Crippen molar-refractivity contribution in [1.82, 2.24) is 10.3 Å². The Labute approximate surface area is 119 Å². The van der Waals surface area contributed by atoms with Crippen LogP contribution in [0.2, 0.25) is 0 Å². The molecule has 0 aliphatic heterocycles. The van der Waals surface area contributed by atoms with Crippen LogP contribution in [0.5, 0.6) is 0 Å². The molecule has 2 nitrogen and oxygen atoms in total. The van der Waals surface area contributed by atoms with Gasteiger partial charge in [0.15, 0.2) is 0 Å². The molecule has 0 atom stereocenters. The van der Waals surface area contributed by atoms with Crippen molar-refractivity contribution in [2.24, 2.45) is 0 Å². The van der Waals surface area contributed by atoms with E-state index in [1.807, 2.05) is 0 Å². The Morgan fingerprint density at radius 2 is 1.84 bits per heavy atom. The van der Waals surface area contributed by atoms with Crippen molar-refractivity contribution in [1.29, 1.82) is 0 Å². The van der Waals surface area contributed by atoms with Gasteiger partial charge in [-0.15, -0.1) is 11.3 Å². The lowest BCUT2D eigenvalue weighted by Crippen LogP contribution is -2.13. The van der Waals surface area contributed by atoms with E-state index in [9.17, 15) is 0 Å². The van der Waals surface area contributed by atoms with Crippen LogP contribution in [-0.2, 0) is 6.54 Å². The van der Waals surface area contributed by atoms with Crippen molar-refractivity contribution in [3.05, 3.63) is 39.2 Å². The molecule has 1 N–H and O–H groups in total. The summed E-state index contributed by atoms with van der Waals surface area (Å²) in [7, 11) is 0. The van der Waals surface area contributed by atoms with Crippen LogP contribution in [0.1, 0.15) is 35.0 Å².